The minimum absolute atomic E-state index is 0.132. The Labute approximate surface area is 122 Å². The van der Waals surface area contributed by atoms with E-state index < -0.39 is 4.92 Å². The molecule has 0 aliphatic heterocycles. The highest BCUT2D eigenvalue weighted by atomic mass is 16.6. The Balaban J connectivity index is 2.19. The fourth-order valence-electron chi connectivity index (χ4n) is 2.07. The normalized spacial score (nSPS) is 10.2. The predicted molar refractivity (Wildman–Crippen MR) is 78.8 cm³/mol. The van der Waals surface area contributed by atoms with Crippen LogP contribution in [0.4, 0.5) is 5.69 Å². The molecular weight excluding hydrogens is 270 g/mol. The summed E-state index contributed by atoms with van der Waals surface area (Å²) in [5, 5.41) is 11.0. The van der Waals surface area contributed by atoms with Crippen molar-refractivity contribution >= 4 is 11.5 Å². The Kier molecular flexibility index (Phi) is 4.33. The second kappa shape index (κ2) is 6.17. The van der Waals surface area contributed by atoms with E-state index in [0.717, 1.165) is 5.56 Å². The number of para-hydroxylation sites is 1. The van der Waals surface area contributed by atoms with Crippen molar-refractivity contribution in [3.8, 4) is 5.75 Å². The van der Waals surface area contributed by atoms with Gasteiger partial charge in [-0.15, -0.1) is 0 Å². The number of ketones is 1. The number of nitrogens with zero attached hydrogens (tertiary/aromatic N) is 1. The predicted octanol–water partition coefficient (Wildman–Crippen LogP) is 3.47. The van der Waals surface area contributed by atoms with Crippen LogP contribution in [0.3, 0.4) is 0 Å². The fraction of sp³-hybridized carbons (Fsp3) is 0.188. The second-order valence-electron chi connectivity index (χ2n) is 4.71. The third-order valence-electron chi connectivity index (χ3n) is 3.18. The molecule has 0 radical (unpaired) electrons. The summed E-state index contributed by atoms with van der Waals surface area (Å²) in [7, 11) is 0. The van der Waals surface area contributed by atoms with Gasteiger partial charge in [0.25, 0.3) is 0 Å². The number of hydrogen-bond acceptors (Lipinski definition) is 4. The Morgan fingerprint density at radius 3 is 2.43 bits per heavy atom. The lowest BCUT2D eigenvalue weighted by Crippen LogP contribution is -2.14. The number of Topliss-reactive ketones (excluding diaryl/α,β-unsaturated/α-hetero) is 1. The molecule has 2 rings (SSSR count). The number of hydrogen-bond donors (Lipinski definition) is 0. The summed E-state index contributed by atoms with van der Waals surface area (Å²) in [6.07, 6.45) is 0. The number of nitro groups is 1. The minimum Gasteiger partial charge on any atom is -0.478 e. The van der Waals surface area contributed by atoms with E-state index in [0.29, 0.717) is 11.1 Å². The van der Waals surface area contributed by atoms with E-state index >= 15 is 0 Å². The molecule has 0 amide bonds. The number of benzene rings is 2. The lowest BCUT2D eigenvalue weighted by Gasteiger charge is -2.09. The van der Waals surface area contributed by atoms with Crippen molar-refractivity contribution in [2.45, 2.75) is 13.8 Å². The molecular formula is C16H15NO4. The average Bonchev–Trinajstić information content (AvgIpc) is 2.45. The van der Waals surface area contributed by atoms with E-state index in [-0.39, 0.29) is 23.8 Å². The highest BCUT2D eigenvalue weighted by Gasteiger charge is 2.18. The largest absolute Gasteiger partial charge is 0.478 e. The van der Waals surface area contributed by atoms with Gasteiger partial charge in [0.2, 0.25) is 5.75 Å². The SMILES string of the molecule is Cc1ccccc1C(=O)COc1c(C)cccc1[N+](=O)[O-]. The molecule has 0 saturated carbocycles. The van der Waals surface area contributed by atoms with Gasteiger partial charge in [0, 0.05) is 11.6 Å². The van der Waals surface area contributed by atoms with Crippen molar-refractivity contribution in [1.29, 1.82) is 0 Å². The lowest BCUT2D eigenvalue weighted by molar-refractivity contribution is -0.385. The Bertz CT molecular complexity index is 694. The van der Waals surface area contributed by atoms with Crippen LogP contribution in [0.2, 0.25) is 0 Å². The Hall–Kier alpha value is -2.69. The monoisotopic (exact) mass is 285 g/mol. The van der Waals surface area contributed by atoms with Crippen LogP contribution in [-0.4, -0.2) is 17.3 Å². The van der Waals surface area contributed by atoms with Crippen molar-refractivity contribution in [3.05, 3.63) is 69.3 Å². The molecule has 0 atom stereocenters. The average molecular weight is 285 g/mol. The quantitative estimate of drug-likeness (QED) is 0.479. The zero-order valence-corrected chi connectivity index (χ0v) is 11.8. The zero-order chi connectivity index (χ0) is 15.4. The van der Waals surface area contributed by atoms with Crippen LogP contribution in [0, 0.1) is 24.0 Å². The van der Waals surface area contributed by atoms with Crippen LogP contribution in [-0.2, 0) is 0 Å². The van der Waals surface area contributed by atoms with Crippen LogP contribution >= 0.6 is 0 Å². The first-order valence-corrected chi connectivity index (χ1v) is 6.46. The van der Waals surface area contributed by atoms with Gasteiger partial charge >= 0.3 is 5.69 Å². The molecule has 0 saturated heterocycles. The maximum atomic E-state index is 12.1. The molecule has 5 heteroatoms. The topological polar surface area (TPSA) is 69.4 Å². The minimum atomic E-state index is -0.513. The van der Waals surface area contributed by atoms with Gasteiger partial charge < -0.3 is 4.74 Å². The Morgan fingerprint density at radius 1 is 1.10 bits per heavy atom. The summed E-state index contributed by atoms with van der Waals surface area (Å²) in [5.41, 5.74) is 1.91. The van der Waals surface area contributed by atoms with Gasteiger partial charge in [-0.3, -0.25) is 14.9 Å². The molecule has 0 spiro atoms. The molecule has 0 fully saturated rings. The fourth-order valence-corrected chi connectivity index (χ4v) is 2.07. The molecule has 2 aromatic carbocycles. The summed E-state index contributed by atoms with van der Waals surface area (Å²) in [6, 6.07) is 11.8. The smallest absolute Gasteiger partial charge is 0.311 e. The van der Waals surface area contributed by atoms with Gasteiger partial charge in [0.05, 0.1) is 4.92 Å². The number of carbonyl (C=O) groups excluding carboxylic acids is 1. The summed E-state index contributed by atoms with van der Waals surface area (Å²) in [6.45, 7) is 3.32. The molecule has 0 aliphatic carbocycles. The van der Waals surface area contributed by atoms with Gasteiger partial charge in [0.1, 0.15) is 0 Å². The van der Waals surface area contributed by atoms with Crippen LogP contribution in [0.25, 0.3) is 0 Å². The van der Waals surface area contributed by atoms with Gasteiger partial charge in [-0.1, -0.05) is 36.4 Å². The van der Waals surface area contributed by atoms with E-state index in [2.05, 4.69) is 0 Å². The van der Waals surface area contributed by atoms with Gasteiger partial charge in [-0.25, -0.2) is 0 Å². The third kappa shape index (κ3) is 3.25. The van der Waals surface area contributed by atoms with Crippen molar-refractivity contribution < 1.29 is 14.5 Å². The maximum Gasteiger partial charge on any atom is 0.311 e. The molecule has 2 aromatic rings. The van der Waals surface area contributed by atoms with Gasteiger partial charge in [-0.05, 0) is 25.0 Å². The van der Waals surface area contributed by atoms with E-state index in [9.17, 15) is 14.9 Å². The van der Waals surface area contributed by atoms with E-state index in [1.54, 1.807) is 31.2 Å². The molecule has 5 nitrogen and oxygen atoms in total. The summed E-state index contributed by atoms with van der Waals surface area (Å²) in [4.78, 5) is 22.6. The van der Waals surface area contributed by atoms with Crippen LogP contribution in [0.5, 0.6) is 5.75 Å². The molecule has 0 aliphatic rings. The number of ether oxygens (including phenoxy) is 1. The molecule has 0 heterocycles. The summed E-state index contributed by atoms with van der Waals surface area (Å²) < 4.78 is 5.41. The maximum absolute atomic E-state index is 12.1. The van der Waals surface area contributed by atoms with Crippen molar-refractivity contribution in [2.24, 2.45) is 0 Å². The van der Waals surface area contributed by atoms with E-state index in [4.69, 9.17) is 4.74 Å². The third-order valence-corrected chi connectivity index (χ3v) is 3.18. The van der Waals surface area contributed by atoms with E-state index in [1.807, 2.05) is 19.1 Å². The van der Waals surface area contributed by atoms with Gasteiger partial charge in [0.15, 0.2) is 12.4 Å². The highest BCUT2D eigenvalue weighted by Crippen LogP contribution is 2.30. The molecule has 0 unspecified atom stereocenters. The zero-order valence-electron chi connectivity index (χ0n) is 11.8. The first kappa shape index (κ1) is 14.7. The second-order valence-corrected chi connectivity index (χ2v) is 4.71. The molecule has 0 bridgehead atoms. The number of aryl methyl sites for hydroxylation is 2. The molecule has 0 N–H and O–H groups in total. The molecule has 0 aromatic heterocycles. The standard InChI is InChI=1S/C16H15NO4/c1-11-6-3-4-8-13(11)15(18)10-21-16-12(2)7-5-9-14(16)17(19)20/h3-9H,10H2,1-2H3. The van der Waals surface area contributed by atoms with Crippen molar-refractivity contribution in [2.75, 3.05) is 6.61 Å². The van der Waals surface area contributed by atoms with Crippen LogP contribution in [0.15, 0.2) is 42.5 Å². The highest BCUT2D eigenvalue weighted by molar-refractivity contribution is 5.98. The lowest BCUT2D eigenvalue weighted by atomic mass is 10.1. The summed E-state index contributed by atoms with van der Waals surface area (Å²) in [5.74, 6) is -0.0601. The van der Waals surface area contributed by atoms with Crippen LogP contribution in [0.1, 0.15) is 21.5 Å². The van der Waals surface area contributed by atoms with Gasteiger partial charge in [-0.2, -0.15) is 0 Å². The van der Waals surface area contributed by atoms with Crippen molar-refractivity contribution in [3.63, 3.8) is 0 Å². The summed E-state index contributed by atoms with van der Waals surface area (Å²) >= 11 is 0. The van der Waals surface area contributed by atoms with Crippen LogP contribution < -0.4 is 4.74 Å². The number of carbonyl (C=O) groups is 1. The first-order valence-electron chi connectivity index (χ1n) is 6.46. The number of rotatable bonds is 5. The number of nitro benzene ring substituents is 1. The molecule has 108 valence electrons. The van der Waals surface area contributed by atoms with E-state index in [1.165, 1.54) is 6.07 Å². The first-order chi connectivity index (χ1) is 10.0. The Morgan fingerprint density at radius 2 is 1.76 bits per heavy atom. The van der Waals surface area contributed by atoms with Crippen molar-refractivity contribution in [1.82, 2.24) is 0 Å². The molecule has 21 heavy (non-hydrogen) atoms.